The summed E-state index contributed by atoms with van der Waals surface area (Å²) in [5.74, 6) is 0.222. The maximum atomic E-state index is 12.4. The van der Waals surface area contributed by atoms with E-state index in [1.807, 2.05) is 6.07 Å². The molecule has 0 radical (unpaired) electrons. The van der Waals surface area contributed by atoms with Gasteiger partial charge in [0, 0.05) is 19.5 Å². The molecule has 6 nitrogen and oxygen atoms in total. The molecule has 0 aliphatic carbocycles. The van der Waals surface area contributed by atoms with Crippen LogP contribution in [0, 0.1) is 17.2 Å². The van der Waals surface area contributed by atoms with Gasteiger partial charge in [-0.2, -0.15) is 5.26 Å². The Morgan fingerprint density at radius 1 is 1.28 bits per heavy atom. The van der Waals surface area contributed by atoms with Gasteiger partial charge in [0.15, 0.2) is 0 Å². The number of hydrogen-bond donors (Lipinski definition) is 1. The standard InChI is InChI=1S/C19H21N3O3/c1-13(23)25-17-4-2-14(3-5-17)10-16(11-20)19(24)21-18-12-22-8-6-15(18)7-9-22/h2-5,10,15,18H,6-9,12H2,1H3,(H,21,24). The van der Waals surface area contributed by atoms with Crippen molar-refractivity contribution < 1.29 is 14.3 Å². The number of piperidine rings is 3. The highest BCUT2D eigenvalue weighted by Gasteiger charge is 2.35. The van der Waals surface area contributed by atoms with Gasteiger partial charge in [0.2, 0.25) is 0 Å². The number of hydrogen-bond acceptors (Lipinski definition) is 5. The molecule has 4 rings (SSSR count). The van der Waals surface area contributed by atoms with Crippen molar-refractivity contribution in [1.29, 1.82) is 5.26 Å². The van der Waals surface area contributed by atoms with E-state index in [-0.39, 0.29) is 17.5 Å². The molecule has 3 heterocycles. The highest BCUT2D eigenvalue weighted by atomic mass is 16.5. The number of nitrogens with zero attached hydrogens (tertiary/aromatic N) is 2. The Hall–Kier alpha value is -2.65. The van der Waals surface area contributed by atoms with E-state index in [1.54, 1.807) is 30.3 Å². The van der Waals surface area contributed by atoms with Gasteiger partial charge in [0.05, 0.1) is 0 Å². The maximum absolute atomic E-state index is 12.4. The van der Waals surface area contributed by atoms with E-state index in [0.717, 1.165) is 32.5 Å². The van der Waals surface area contributed by atoms with Gasteiger partial charge in [-0.15, -0.1) is 0 Å². The lowest BCUT2D eigenvalue weighted by Crippen LogP contribution is -2.57. The molecule has 25 heavy (non-hydrogen) atoms. The Labute approximate surface area is 147 Å². The fraction of sp³-hybridized carbons (Fsp3) is 0.421. The molecule has 2 bridgehead atoms. The molecule has 1 aromatic rings. The summed E-state index contributed by atoms with van der Waals surface area (Å²) in [5.41, 5.74) is 0.785. The van der Waals surface area contributed by atoms with E-state index < -0.39 is 5.97 Å². The third-order valence-electron chi connectivity index (χ3n) is 4.79. The van der Waals surface area contributed by atoms with Gasteiger partial charge in [-0.05, 0) is 55.6 Å². The fourth-order valence-electron chi connectivity index (χ4n) is 3.49. The zero-order valence-electron chi connectivity index (χ0n) is 14.2. The van der Waals surface area contributed by atoms with Crippen LogP contribution < -0.4 is 10.1 Å². The Balaban J connectivity index is 1.66. The Bertz CT molecular complexity index is 725. The van der Waals surface area contributed by atoms with Crippen LogP contribution in [0.2, 0.25) is 0 Å². The molecule has 1 aromatic carbocycles. The molecule has 0 saturated carbocycles. The zero-order valence-corrected chi connectivity index (χ0v) is 14.2. The molecule has 1 amide bonds. The van der Waals surface area contributed by atoms with Crippen molar-refractivity contribution in [1.82, 2.24) is 10.2 Å². The van der Waals surface area contributed by atoms with E-state index >= 15 is 0 Å². The third kappa shape index (κ3) is 4.25. The molecule has 1 atom stereocenters. The second kappa shape index (κ2) is 7.49. The van der Waals surface area contributed by atoms with Crippen molar-refractivity contribution in [3.63, 3.8) is 0 Å². The summed E-state index contributed by atoms with van der Waals surface area (Å²) in [7, 11) is 0. The molecule has 3 saturated heterocycles. The van der Waals surface area contributed by atoms with Crippen LogP contribution in [-0.2, 0) is 9.59 Å². The summed E-state index contributed by atoms with van der Waals surface area (Å²) in [6.45, 7) is 4.41. The van der Waals surface area contributed by atoms with Gasteiger partial charge in [-0.3, -0.25) is 9.59 Å². The lowest BCUT2D eigenvalue weighted by molar-refractivity contribution is -0.131. The highest BCUT2D eigenvalue weighted by Crippen LogP contribution is 2.27. The van der Waals surface area contributed by atoms with Crippen molar-refractivity contribution in [2.75, 3.05) is 19.6 Å². The van der Waals surface area contributed by atoms with Crippen molar-refractivity contribution in [3.8, 4) is 11.8 Å². The topological polar surface area (TPSA) is 82.4 Å². The second-order valence-corrected chi connectivity index (χ2v) is 6.55. The minimum atomic E-state index is -0.391. The van der Waals surface area contributed by atoms with Crippen LogP contribution in [0.15, 0.2) is 29.8 Å². The van der Waals surface area contributed by atoms with Gasteiger partial charge < -0.3 is 15.0 Å². The normalized spacial score (nSPS) is 25.1. The SMILES string of the molecule is CC(=O)Oc1ccc(C=C(C#N)C(=O)NC2CN3CCC2CC3)cc1. The van der Waals surface area contributed by atoms with Crippen LogP contribution in [0.4, 0.5) is 0 Å². The largest absolute Gasteiger partial charge is 0.427 e. The first-order valence-electron chi connectivity index (χ1n) is 8.48. The summed E-state index contributed by atoms with van der Waals surface area (Å²) in [5, 5.41) is 12.4. The van der Waals surface area contributed by atoms with E-state index in [2.05, 4.69) is 10.2 Å². The number of rotatable bonds is 4. The Kier molecular flexibility index (Phi) is 5.15. The first-order chi connectivity index (χ1) is 12.0. The van der Waals surface area contributed by atoms with E-state index in [4.69, 9.17) is 4.74 Å². The molecule has 1 unspecified atom stereocenters. The molecular weight excluding hydrogens is 318 g/mol. The molecule has 0 aromatic heterocycles. The minimum absolute atomic E-state index is 0.0803. The van der Waals surface area contributed by atoms with Crippen LogP contribution in [0.1, 0.15) is 25.3 Å². The number of nitrogens with one attached hydrogen (secondary N) is 1. The van der Waals surface area contributed by atoms with Crippen LogP contribution >= 0.6 is 0 Å². The molecule has 6 heteroatoms. The molecule has 130 valence electrons. The van der Waals surface area contributed by atoms with Crippen LogP contribution in [-0.4, -0.2) is 42.5 Å². The number of fused-ring (bicyclic) bond motifs is 3. The van der Waals surface area contributed by atoms with E-state index in [0.29, 0.717) is 17.2 Å². The predicted octanol–water partition coefficient (Wildman–Crippen LogP) is 1.73. The van der Waals surface area contributed by atoms with Gasteiger partial charge >= 0.3 is 5.97 Å². The van der Waals surface area contributed by atoms with E-state index in [1.165, 1.54) is 6.92 Å². The number of carbonyl (C=O) groups excluding carboxylic acids is 2. The van der Waals surface area contributed by atoms with Gasteiger partial charge in [0.25, 0.3) is 5.91 Å². The van der Waals surface area contributed by atoms with Crippen LogP contribution in [0.25, 0.3) is 6.08 Å². The average Bonchev–Trinajstić information content (AvgIpc) is 2.61. The van der Waals surface area contributed by atoms with Gasteiger partial charge in [0.1, 0.15) is 17.4 Å². The number of carbonyl (C=O) groups is 2. The van der Waals surface area contributed by atoms with Crippen LogP contribution in [0.5, 0.6) is 5.75 Å². The van der Waals surface area contributed by atoms with Crippen molar-refractivity contribution in [2.45, 2.75) is 25.8 Å². The third-order valence-corrected chi connectivity index (χ3v) is 4.79. The lowest BCUT2D eigenvalue weighted by Gasteiger charge is -2.44. The van der Waals surface area contributed by atoms with Crippen LogP contribution in [0.3, 0.4) is 0 Å². The maximum Gasteiger partial charge on any atom is 0.308 e. The average molecular weight is 339 g/mol. The molecule has 1 N–H and O–H groups in total. The number of benzene rings is 1. The summed E-state index contributed by atoms with van der Waals surface area (Å²) in [6.07, 6.45) is 3.76. The predicted molar refractivity (Wildman–Crippen MR) is 92.4 cm³/mol. The monoisotopic (exact) mass is 339 g/mol. The number of ether oxygens (including phenoxy) is 1. The lowest BCUT2D eigenvalue weighted by atomic mass is 9.84. The summed E-state index contributed by atoms with van der Waals surface area (Å²) < 4.78 is 4.97. The Morgan fingerprint density at radius 2 is 1.96 bits per heavy atom. The highest BCUT2D eigenvalue weighted by molar-refractivity contribution is 6.01. The first-order valence-corrected chi connectivity index (χ1v) is 8.48. The molecule has 0 spiro atoms. The molecular formula is C19H21N3O3. The number of amides is 1. The summed E-state index contributed by atoms with van der Waals surface area (Å²) in [4.78, 5) is 25.7. The molecule has 3 aliphatic heterocycles. The zero-order chi connectivity index (χ0) is 17.8. The van der Waals surface area contributed by atoms with Crippen molar-refractivity contribution in [2.24, 2.45) is 5.92 Å². The molecule has 3 fully saturated rings. The first kappa shape index (κ1) is 17.2. The van der Waals surface area contributed by atoms with Crippen molar-refractivity contribution in [3.05, 3.63) is 35.4 Å². The van der Waals surface area contributed by atoms with Gasteiger partial charge in [-0.25, -0.2) is 0 Å². The minimum Gasteiger partial charge on any atom is -0.427 e. The van der Waals surface area contributed by atoms with Crippen molar-refractivity contribution >= 4 is 18.0 Å². The quantitative estimate of drug-likeness (QED) is 0.391. The number of nitriles is 1. The number of esters is 1. The smallest absolute Gasteiger partial charge is 0.308 e. The Morgan fingerprint density at radius 3 is 2.48 bits per heavy atom. The van der Waals surface area contributed by atoms with E-state index in [9.17, 15) is 14.9 Å². The molecule has 3 aliphatic rings. The fourth-order valence-corrected chi connectivity index (χ4v) is 3.49. The second-order valence-electron chi connectivity index (χ2n) is 6.55. The summed E-state index contributed by atoms with van der Waals surface area (Å²) >= 11 is 0. The van der Waals surface area contributed by atoms with Gasteiger partial charge in [-0.1, -0.05) is 12.1 Å². The summed E-state index contributed by atoms with van der Waals surface area (Å²) in [6, 6.07) is 8.78.